The number of nitrogen functional groups attached to an aromatic ring is 1. The van der Waals surface area contributed by atoms with Crippen LogP contribution >= 0.6 is 0 Å². The molecule has 0 amide bonds. The van der Waals surface area contributed by atoms with Crippen LogP contribution in [0.3, 0.4) is 0 Å². The average Bonchev–Trinajstić information content (AvgIpc) is 2.76. The van der Waals surface area contributed by atoms with E-state index in [0.717, 1.165) is 12.1 Å². The third-order valence-corrected chi connectivity index (χ3v) is 5.97. The largest absolute Gasteiger partial charge is 0.416 e. The molecule has 0 spiro atoms. The number of nitrogens with zero attached hydrogens (tertiary/aromatic N) is 2. The molecule has 2 N–H and O–H groups in total. The highest BCUT2D eigenvalue weighted by Gasteiger charge is 2.32. The second-order valence-electron chi connectivity index (χ2n) is 8.34. The molecule has 0 saturated carbocycles. The third kappa shape index (κ3) is 3.81. The molecule has 2 aromatic carbocycles. The van der Waals surface area contributed by atoms with Crippen molar-refractivity contribution in [3.8, 4) is 0 Å². The summed E-state index contributed by atoms with van der Waals surface area (Å²) < 4.78 is 61.0. The van der Waals surface area contributed by atoms with Gasteiger partial charge in [0.05, 0.1) is 46.6 Å². The molecule has 1 fully saturated rings. The van der Waals surface area contributed by atoms with Crippen LogP contribution in [0.5, 0.6) is 0 Å². The molecular formula is C23H23F4N3O2. The first kappa shape index (κ1) is 22.1. The van der Waals surface area contributed by atoms with Crippen molar-refractivity contribution < 1.29 is 22.3 Å². The third-order valence-electron chi connectivity index (χ3n) is 5.97. The number of ether oxygens (including phenoxy) is 1. The molecule has 2 heterocycles. The van der Waals surface area contributed by atoms with Crippen molar-refractivity contribution in [3.63, 3.8) is 0 Å². The van der Waals surface area contributed by atoms with Crippen LogP contribution in [0, 0.1) is 5.82 Å². The van der Waals surface area contributed by atoms with Gasteiger partial charge in [0, 0.05) is 19.3 Å². The standard InChI is InChI=1S/C23H23F4N3O2/c1-22(2,14-3-5-15(6-4-14)23(25,26)27)30-13-18(28)21(31)16-11-17(24)20(12-19(16)30)29-7-9-32-10-8-29/h3-6,11-13H,7-10,28H2,1-2H3. The Morgan fingerprint density at radius 3 is 2.19 bits per heavy atom. The maximum absolute atomic E-state index is 14.9. The van der Waals surface area contributed by atoms with Gasteiger partial charge in [-0.15, -0.1) is 0 Å². The lowest BCUT2D eigenvalue weighted by atomic mass is 9.92. The Balaban J connectivity index is 1.90. The summed E-state index contributed by atoms with van der Waals surface area (Å²) in [5, 5.41) is 0.111. The van der Waals surface area contributed by atoms with Crippen molar-refractivity contribution in [2.75, 3.05) is 36.9 Å². The van der Waals surface area contributed by atoms with Crippen molar-refractivity contribution in [2.45, 2.75) is 25.6 Å². The fourth-order valence-corrected chi connectivity index (χ4v) is 4.07. The molecule has 0 aliphatic carbocycles. The van der Waals surface area contributed by atoms with Crippen LogP contribution in [-0.4, -0.2) is 30.9 Å². The predicted octanol–water partition coefficient (Wildman–Crippen LogP) is 4.36. The predicted molar refractivity (Wildman–Crippen MR) is 115 cm³/mol. The highest BCUT2D eigenvalue weighted by Crippen LogP contribution is 2.35. The summed E-state index contributed by atoms with van der Waals surface area (Å²) >= 11 is 0. The Morgan fingerprint density at radius 1 is 1.00 bits per heavy atom. The molecule has 4 rings (SSSR count). The SMILES string of the molecule is CC(C)(c1ccc(C(F)(F)F)cc1)n1cc(N)c(=O)c2cc(F)c(N3CCOCC3)cc21. The molecule has 1 aliphatic rings. The van der Waals surface area contributed by atoms with Crippen molar-refractivity contribution in [1.82, 2.24) is 4.57 Å². The second-order valence-corrected chi connectivity index (χ2v) is 8.34. The summed E-state index contributed by atoms with van der Waals surface area (Å²) in [5.41, 5.74) is 5.09. The van der Waals surface area contributed by atoms with Gasteiger partial charge < -0.3 is 19.9 Å². The maximum atomic E-state index is 14.9. The number of aromatic nitrogens is 1. The Bertz CT molecular complexity index is 1210. The van der Waals surface area contributed by atoms with E-state index in [1.807, 2.05) is 4.90 Å². The molecule has 1 aliphatic heterocycles. The lowest BCUT2D eigenvalue weighted by molar-refractivity contribution is -0.137. The summed E-state index contributed by atoms with van der Waals surface area (Å²) in [6.07, 6.45) is -2.98. The topological polar surface area (TPSA) is 60.5 Å². The fraction of sp³-hybridized carbons (Fsp3) is 0.348. The Labute approximate surface area is 182 Å². The van der Waals surface area contributed by atoms with Crippen LogP contribution in [0.2, 0.25) is 0 Å². The number of fused-ring (bicyclic) bond motifs is 1. The van der Waals surface area contributed by atoms with Crippen LogP contribution in [0.15, 0.2) is 47.4 Å². The van der Waals surface area contributed by atoms with Crippen LogP contribution in [0.1, 0.15) is 25.0 Å². The van der Waals surface area contributed by atoms with Gasteiger partial charge in [0.1, 0.15) is 5.82 Å². The highest BCUT2D eigenvalue weighted by atomic mass is 19.4. The first-order chi connectivity index (χ1) is 15.0. The summed E-state index contributed by atoms with van der Waals surface area (Å²) in [7, 11) is 0. The van der Waals surface area contributed by atoms with Crippen LogP contribution in [0.4, 0.5) is 28.9 Å². The molecule has 1 saturated heterocycles. The Morgan fingerprint density at radius 2 is 1.59 bits per heavy atom. The van der Waals surface area contributed by atoms with E-state index in [0.29, 0.717) is 43.1 Å². The van der Waals surface area contributed by atoms with Crippen molar-refractivity contribution >= 4 is 22.3 Å². The number of nitrogens with two attached hydrogens (primary N) is 1. The summed E-state index contributed by atoms with van der Waals surface area (Å²) in [4.78, 5) is 14.5. The zero-order valence-electron chi connectivity index (χ0n) is 17.7. The van der Waals surface area contributed by atoms with Crippen LogP contribution in [0.25, 0.3) is 10.9 Å². The van der Waals surface area contributed by atoms with Crippen molar-refractivity contribution in [2.24, 2.45) is 0 Å². The number of hydrogen-bond donors (Lipinski definition) is 1. The van der Waals surface area contributed by atoms with E-state index in [1.54, 1.807) is 24.5 Å². The van der Waals surface area contributed by atoms with Crippen LogP contribution in [-0.2, 0) is 16.5 Å². The molecule has 170 valence electrons. The van der Waals surface area contributed by atoms with Gasteiger partial charge in [-0.05, 0) is 43.7 Å². The summed E-state index contributed by atoms with van der Waals surface area (Å²) in [6, 6.07) is 7.61. The second kappa shape index (κ2) is 7.81. The Hall–Kier alpha value is -3.07. The molecule has 1 aromatic heterocycles. The first-order valence-electron chi connectivity index (χ1n) is 10.2. The number of halogens is 4. The van der Waals surface area contributed by atoms with E-state index in [2.05, 4.69) is 0 Å². The molecule has 0 unspecified atom stereocenters. The number of hydrogen-bond acceptors (Lipinski definition) is 4. The first-order valence-corrected chi connectivity index (χ1v) is 10.2. The zero-order chi connectivity index (χ0) is 23.3. The molecule has 32 heavy (non-hydrogen) atoms. The molecule has 0 bridgehead atoms. The van der Waals surface area contributed by atoms with E-state index < -0.39 is 28.5 Å². The van der Waals surface area contributed by atoms with Crippen LogP contribution < -0.4 is 16.1 Å². The number of pyridine rings is 1. The lowest BCUT2D eigenvalue weighted by Gasteiger charge is -2.33. The number of rotatable bonds is 3. The van der Waals surface area contributed by atoms with E-state index in [4.69, 9.17) is 10.5 Å². The van der Waals surface area contributed by atoms with Gasteiger partial charge >= 0.3 is 6.18 Å². The molecular weight excluding hydrogens is 426 g/mol. The van der Waals surface area contributed by atoms with Gasteiger partial charge in [-0.1, -0.05) is 12.1 Å². The Kier molecular flexibility index (Phi) is 5.40. The summed E-state index contributed by atoms with van der Waals surface area (Å²) in [5.74, 6) is -0.541. The minimum atomic E-state index is -4.44. The lowest BCUT2D eigenvalue weighted by Crippen LogP contribution is -2.37. The molecule has 0 atom stereocenters. The van der Waals surface area contributed by atoms with Gasteiger partial charge in [0.2, 0.25) is 5.43 Å². The highest BCUT2D eigenvalue weighted by molar-refractivity contribution is 5.86. The van der Waals surface area contributed by atoms with Gasteiger partial charge in [-0.3, -0.25) is 4.79 Å². The van der Waals surface area contributed by atoms with Gasteiger partial charge in [-0.2, -0.15) is 13.2 Å². The smallest absolute Gasteiger partial charge is 0.394 e. The maximum Gasteiger partial charge on any atom is 0.416 e. The minimum Gasteiger partial charge on any atom is -0.394 e. The van der Waals surface area contributed by atoms with Crippen molar-refractivity contribution in [1.29, 1.82) is 0 Å². The molecule has 3 aromatic rings. The van der Waals surface area contributed by atoms with E-state index in [-0.39, 0.29) is 11.1 Å². The number of morpholine rings is 1. The quantitative estimate of drug-likeness (QED) is 0.604. The van der Waals surface area contributed by atoms with E-state index >= 15 is 0 Å². The van der Waals surface area contributed by atoms with Crippen molar-refractivity contribution in [3.05, 3.63) is 69.8 Å². The monoisotopic (exact) mass is 449 g/mol. The zero-order valence-corrected chi connectivity index (χ0v) is 17.7. The van der Waals surface area contributed by atoms with E-state index in [9.17, 15) is 22.4 Å². The molecule has 0 radical (unpaired) electrons. The van der Waals surface area contributed by atoms with E-state index in [1.165, 1.54) is 24.4 Å². The summed E-state index contributed by atoms with van der Waals surface area (Å²) in [6.45, 7) is 5.54. The number of alkyl halides is 3. The molecule has 5 nitrogen and oxygen atoms in total. The minimum absolute atomic E-state index is 0.0731. The number of benzene rings is 2. The normalized spacial score (nSPS) is 15.4. The van der Waals surface area contributed by atoms with Gasteiger partial charge in [0.15, 0.2) is 0 Å². The number of anilines is 2. The van der Waals surface area contributed by atoms with Gasteiger partial charge in [0.25, 0.3) is 0 Å². The van der Waals surface area contributed by atoms with Gasteiger partial charge in [-0.25, -0.2) is 4.39 Å². The molecule has 9 heteroatoms. The fourth-order valence-electron chi connectivity index (χ4n) is 4.07. The average molecular weight is 449 g/mol.